The highest BCUT2D eigenvalue weighted by atomic mass is 16.2. The monoisotopic (exact) mass is 270 g/mol. The van der Waals surface area contributed by atoms with Crippen LogP contribution < -0.4 is 5.32 Å². The lowest BCUT2D eigenvalue weighted by Crippen LogP contribution is -2.31. The molecule has 0 atom stereocenters. The van der Waals surface area contributed by atoms with Crippen molar-refractivity contribution in [1.82, 2.24) is 4.90 Å². The number of imide groups is 1. The summed E-state index contributed by atoms with van der Waals surface area (Å²) in [7, 11) is 0. The summed E-state index contributed by atoms with van der Waals surface area (Å²) in [5.41, 5.74) is 1.26. The van der Waals surface area contributed by atoms with Crippen molar-refractivity contribution in [2.24, 2.45) is 5.92 Å². The van der Waals surface area contributed by atoms with Crippen molar-refractivity contribution in [2.45, 2.75) is 12.8 Å². The Labute approximate surface area is 116 Å². The summed E-state index contributed by atoms with van der Waals surface area (Å²) in [6, 6.07) is 4.75. The van der Waals surface area contributed by atoms with Gasteiger partial charge in [0.25, 0.3) is 11.8 Å². The number of anilines is 1. The number of hydrogen-bond donors (Lipinski definition) is 1. The van der Waals surface area contributed by atoms with E-state index in [1.807, 2.05) is 0 Å². The van der Waals surface area contributed by atoms with E-state index in [9.17, 15) is 14.4 Å². The molecule has 102 valence electrons. The summed E-state index contributed by atoms with van der Waals surface area (Å²) in [5.74, 6) is -0.404. The number of carbonyl (C=O) groups is 3. The van der Waals surface area contributed by atoms with E-state index in [-0.39, 0.29) is 17.7 Å². The van der Waals surface area contributed by atoms with Crippen LogP contribution >= 0.6 is 0 Å². The SMILES string of the molecule is C=CC(=O)Nc1ccc2c(c1)C(=O)N(CC1CC1)C2=O. The smallest absolute Gasteiger partial charge is 0.261 e. The average molecular weight is 270 g/mol. The van der Waals surface area contributed by atoms with Gasteiger partial charge in [-0.05, 0) is 43.0 Å². The minimum atomic E-state index is -0.350. The van der Waals surface area contributed by atoms with Gasteiger partial charge in [-0.3, -0.25) is 19.3 Å². The summed E-state index contributed by atoms with van der Waals surface area (Å²) in [6.07, 6.45) is 3.31. The maximum Gasteiger partial charge on any atom is 0.261 e. The maximum atomic E-state index is 12.3. The van der Waals surface area contributed by atoms with Crippen LogP contribution in [0.25, 0.3) is 0 Å². The fourth-order valence-electron chi connectivity index (χ4n) is 2.29. The lowest BCUT2D eigenvalue weighted by atomic mass is 10.1. The Hall–Kier alpha value is -2.43. The van der Waals surface area contributed by atoms with Crippen LogP contribution in [0.1, 0.15) is 33.6 Å². The van der Waals surface area contributed by atoms with Crippen LogP contribution in [-0.2, 0) is 4.79 Å². The van der Waals surface area contributed by atoms with Gasteiger partial charge in [-0.15, -0.1) is 0 Å². The number of amides is 3. The minimum absolute atomic E-state index is 0.238. The number of nitrogens with one attached hydrogen (secondary N) is 1. The predicted molar refractivity (Wildman–Crippen MR) is 73.4 cm³/mol. The van der Waals surface area contributed by atoms with E-state index in [2.05, 4.69) is 11.9 Å². The van der Waals surface area contributed by atoms with Crippen molar-refractivity contribution in [3.8, 4) is 0 Å². The standard InChI is InChI=1S/C15H14N2O3/c1-2-13(18)16-10-5-6-11-12(7-10)15(20)17(14(11)19)8-9-3-4-9/h2,5-7,9H,1,3-4,8H2,(H,16,18). The van der Waals surface area contributed by atoms with Crippen LogP contribution in [0.5, 0.6) is 0 Å². The van der Waals surface area contributed by atoms with Gasteiger partial charge in [0, 0.05) is 12.2 Å². The Bertz CT molecular complexity index is 632. The maximum absolute atomic E-state index is 12.3. The summed E-state index contributed by atoms with van der Waals surface area (Å²) in [6.45, 7) is 3.87. The largest absolute Gasteiger partial charge is 0.323 e. The van der Waals surface area contributed by atoms with E-state index in [0.29, 0.717) is 29.3 Å². The van der Waals surface area contributed by atoms with Gasteiger partial charge < -0.3 is 5.32 Å². The van der Waals surface area contributed by atoms with Crippen LogP contribution in [0.4, 0.5) is 5.69 Å². The number of rotatable bonds is 4. The van der Waals surface area contributed by atoms with Gasteiger partial charge in [-0.2, -0.15) is 0 Å². The molecule has 3 amide bonds. The van der Waals surface area contributed by atoms with E-state index in [1.54, 1.807) is 18.2 Å². The first-order valence-corrected chi connectivity index (χ1v) is 6.54. The first kappa shape index (κ1) is 12.6. The van der Waals surface area contributed by atoms with Crippen molar-refractivity contribution < 1.29 is 14.4 Å². The molecule has 2 aliphatic rings. The molecule has 5 heteroatoms. The van der Waals surface area contributed by atoms with Gasteiger partial charge in [-0.1, -0.05) is 6.58 Å². The molecule has 0 bridgehead atoms. The van der Waals surface area contributed by atoms with Gasteiger partial charge in [0.1, 0.15) is 0 Å². The van der Waals surface area contributed by atoms with Crippen molar-refractivity contribution >= 4 is 23.4 Å². The Morgan fingerprint density at radius 2 is 2.00 bits per heavy atom. The van der Waals surface area contributed by atoms with Crippen molar-refractivity contribution in [2.75, 3.05) is 11.9 Å². The number of hydrogen-bond acceptors (Lipinski definition) is 3. The first-order chi connectivity index (χ1) is 9.60. The molecule has 1 saturated carbocycles. The molecule has 0 saturated heterocycles. The van der Waals surface area contributed by atoms with E-state index in [0.717, 1.165) is 18.9 Å². The number of carbonyl (C=O) groups excluding carboxylic acids is 3. The normalized spacial score (nSPS) is 17.1. The van der Waals surface area contributed by atoms with Gasteiger partial charge in [0.15, 0.2) is 0 Å². The quantitative estimate of drug-likeness (QED) is 0.670. The molecule has 0 unspecified atom stereocenters. The van der Waals surface area contributed by atoms with Gasteiger partial charge in [0.2, 0.25) is 5.91 Å². The summed E-state index contributed by atoms with van der Waals surface area (Å²) >= 11 is 0. The van der Waals surface area contributed by atoms with E-state index < -0.39 is 0 Å². The Morgan fingerprint density at radius 1 is 1.30 bits per heavy atom. The molecule has 3 rings (SSSR count). The molecule has 1 aromatic carbocycles. The van der Waals surface area contributed by atoms with Crippen LogP contribution in [-0.4, -0.2) is 29.2 Å². The minimum Gasteiger partial charge on any atom is -0.323 e. The zero-order valence-corrected chi connectivity index (χ0v) is 10.9. The molecule has 1 aliphatic heterocycles. The zero-order valence-electron chi connectivity index (χ0n) is 10.9. The lowest BCUT2D eigenvalue weighted by Gasteiger charge is -2.12. The fourth-order valence-corrected chi connectivity index (χ4v) is 2.29. The topological polar surface area (TPSA) is 66.5 Å². The average Bonchev–Trinajstić information content (AvgIpc) is 3.23. The van der Waals surface area contributed by atoms with E-state index in [1.165, 1.54) is 4.90 Å². The summed E-state index contributed by atoms with van der Waals surface area (Å²) in [5, 5.41) is 2.59. The second-order valence-corrected chi connectivity index (χ2v) is 5.12. The second kappa shape index (κ2) is 4.59. The summed E-state index contributed by atoms with van der Waals surface area (Å²) < 4.78 is 0. The number of fused-ring (bicyclic) bond motifs is 1. The van der Waals surface area contributed by atoms with Crippen molar-refractivity contribution in [3.05, 3.63) is 42.0 Å². The third-order valence-electron chi connectivity index (χ3n) is 3.56. The fraction of sp³-hybridized carbons (Fsp3) is 0.267. The zero-order chi connectivity index (χ0) is 14.3. The third-order valence-corrected chi connectivity index (χ3v) is 3.56. The molecule has 1 N–H and O–H groups in total. The highest BCUT2D eigenvalue weighted by Crippen LogP contribution is 2.33. The van der Waals surface area contributed by atoms with E-state index >= 15 is 0 Å². The molecule has 5 nitrogen and oxygen atoms in total. The first-order valence-electron chi connectivity index (χ1n) is 6.54. The van der Waals surface area contributed by atoms with Gasteiger partial charge >= 0.3 is 0 Å². The molecule has 1 aromatic rings. The highest BCUT2D eigenvalue weighted by Gasteiger charge is 2.38. The van der Waals surface area contributed by atoms with Gasteiger partial charge in [-0.25, -0.2) is 0 Å². The number of nitrogens with zero attached hydrogens (tertiary/aromatic N) is 1. The van der Waals surface area contributed by atoms with Crippen LogP contribution in [0.3, 0.4) is 0 Å². The van der Waals surface area contributed by atoms with Crippen molar-refractivity contribution in [1.29, 1.82) is 0 Å². The Morgan fingerprint density at radius 3 is 2.65 bits per heavy atom. The molecule has 0 aromatic heterocycles. The highest BCUT2D eigenvalue weighted by molar-refractivity contribution is 6.22. The van der Waals surface area contributed by atoms with E-state index in [4.69, 9.17) is 0 Å². The molecule has 20 heavy (non-hydrogen) atoms. The molecular formula is C15H14N2O3. The molecular weight excluding hydrogens is 256 g/mol. The lowest BCUT2D eigenvalue weighted by molar-refractivity contribution is -0.111. The second-order valence-electron chi connectivity index (χ2n) is 5.12. The van der Waals surface area contributed by atoms with Crippen LogP contribution in [0.2, 0.25) is 0 Å². The summed E-state index contributed by atoms with van der Waals surface area (Å²) in [4.78, 5) is 37.0. The molecule has 1 heterocycles. The molecule has 0 radical (unpaired) electrons. The van der Waals surface area contributed by atoms with Crippen molar-refractivity contribution in [3.63, 3.8) is 0 Å². The van der Waals surface area contributed by atoms with Crippen LogP contribution in [0.15, 0.2) is 30.9 Å². The molecule has 0 spiro atoms. The van der Waals surface area contributed by atoms with Crippen LogP contribution in [0, 0.1) is 5.92 Å². The van der Waals surface area contributed by atoms with Gasteiger partial charge in [0.05, 0.1) is 11.1 Å². The predicted octanol–water partition coefficient (Wildman–Crippen LogP) is 1.82. The third kappa shape index (κ3) is 2.11. The Balaban J connectivity index is 1.87. The Kier molecular flexibility index (Phi) is 2.89. The molecule has 1 fully saturated rings. The molecule has 1 aliphatic carbocycles. The number of benzene rings is 1.